The molecule has 1 unspecified atom stereocenters. The first-order chi connectivity index (χ1) is 10.0. The molecule has 1 aliphatic rings. The normalized spacial score (nSPS) is 18.4. The molecule has 1 aromatic rings. The fraction of sp³-hybridized carbons (Fsp3) is 0.333. The minimum absolute atomic E-state index is 0.0388. The van der Waals surface area contributed by atoms with Crippen LogP contribution >= 0.6 is 0 Å². The number of carboxylic acid groups (broad SMARTS) is 1. The van der Waals surface area contributed by atoms with Crippen LogP contribution in [0.3, 0.4) is 0 Å². The molecule has 1 heterocycles. The van der Waals surface area contributed by atoms with Gasteiger partial charge in [-0.25, -0.2) is 9.18 Å². The van der Waals surface area contributed by atoms with Gasteiger partial charge >= 0.3 is 5.97 Å². The van der Waals surface area contributed by atoms with E-state index in [0.29, 0.717) is 13.1 Å². The maximum Gasteiger partial charge on any atom is 0.328 e. The molecule has 0 saturated carbocycles. The van der Waals surface area contributed by atoms with E-state index in [0.717, 1.165) is 24.6 Å². The molecule has 0 radical (unpaired) electrons. The number of rotatable bonds is 4. The Hall–Kier alpha value is -2.21. The first-order valence-electron chi connectivity index (χ1n) is 6.62. The zero-order valence-corrected chi connectivity index (χ0v) is 11.3. The minimum Gasteiger partial charge on any atom is -0.478 e. The van der Waals surface area contributed by atoms with E-state index in [-0.39, 0.29) is 29.6 Å². The van der Waals surface area contributed by atoms with Crippen molar-refractivity contribution in [2.75, 3.05) is 19.7 Å². The van der Waals surface area contributed by atoms with Crippen LogP contribution in [-0.2, 0) is 4.79 Å². The molecule has 1 aromatic carbocycles. The molecule has 0 bridgehead atoms. The summed E-state index contributed by atoms with van der Waals surface area (Å²) in [6, 6.07) is 3.96. The van der Waals surface area contributed by atoms with E-state index in [1.807, 2.05) is 0 Å². The van der Waals surface area contributed by atoms with Gasteiger partial charge in [0, 0.05) is 42.8 Å². The zero-order valence-electron chi connectivity index (χ0n) is 11.3. The number of halogens is 1. The van der Waals surface area contributed by atoms with Crippen LogP contribution in [0.4, 0.5) is 4.39 Å². The van der Waals surface area contributed by atoms with Crippen LogP contribution in [0.5, 0.6) is 0 Å². The smallest absolute Gasteiger partial charge is 0.328 e. The van der Waals surface area contributed by atoms with Gasteiger partial charge in [0.2, 0.25) is 0 Å². The number of aliphatic hydroxyl groups excluding tert-OH is 1. The van der Waals surface area contributed by atoms with E-state index in [1.54, 1.807) is 4.90 Å². The second-order valence-electron chi connectivity index (χ2n) is 5.00. The van der Waals surface area contributed by atoms with Gasteiger partial charge in [0.15, 0.2) is 0 Å². The number of aliphatic hydroxyl groups is 1. The van der Waals surface area contributed by atoms with E-state index < -0.39 is 11.8 Å². The molecule has 1 amide bonds. The Morgan fingerprint density at radius 3 is 2.76 bits per heavy atom. The van der Waals surface area contributed by atoms with E-state index in [1.165, 1.54) is 12.1 Å². The Kier molecular flexibility index (Phi) is 4.70. The summed E-state index contributed by atoms with van der Waals surface area (Å²) in [4.78, 5) is 24.2. The summed E-state index contributed by atoms with van der Waals surface area (Å²) in [5.74, 6) is -2.01. The maximum atomic E-state index is 13.8. The van der Waals surface area contributed by atoms with Crippen LogP contribution < -0.4 is 0 Å². The van der Waals surface area contributed by atoms with Gasteiger partial charge in [-0.15, -0.1) is 0 Å². The van der Waals surface area contributed by atoms with Gasteiger partial charge in [-0.3, -0.25) is 4.79 Å². The van der Waals surface area contributed by atoms with Gasteiger partial charge in [0.1, 0.15) is 5.82 Å². The third-order valence-electron chi connectivity index (χ3n) is 3.48. The highest BCUT2D eigenvalue weighted by Crippen LogP contribution is 2.20. The Balaban J connectivity index is 2.13. The van der Waals surface area contributed by atoms with E-state index in [4.69, 9.17) is 10.2 Å². The predicted octanol–water partition coefficient (Wildman–Crippen LogP) is 1.38. The van der Waals surface area contributed by atoms with E-state index in [2.05, 4.69) is 0 Å². The van der Waals surface area contributed by atoms with Gasteiger partial charge < -0.3 is 15.1 Å². The van der Waals surface area contributed by atoms with E-state index in [9.17, 15) is 14.0 Å². The number of hydrogen-bond acceptors (Lipinski definition) is 3. The highest BCUT2D eigenvalue weighted by molar-refractivity contribution is 5.94. The quantitative estimate of drug-likeness (QED) is 0.822. The van der Waals surface area contributed by atoms with Crippen LogP contribution in [-0.4, -0.2) is 46.7 Å². The zero-order chi connectivity index (χ0) is 15.4. The van der Waals surface area contributed by atoms with Crippen molar-refractivity contribution in [3.63, 3.8) is 0 Å². The lowest BCUT2D eigenvalue weighted by Gasteiger charge is -2.16. The van der Waals surface area contributed by atoms with Crippen molar-refractivity contribution in [2.24, 2.45) is 5.92 Å². The summed E-state index contributed by atoms with van der Waals surface area (Å²) in [5, 5.41) is 17.6. The average Bonchev–Trinajstić information content (AvgIpc) is 2.93. The molecule has 2 rings (SSSR count). The van der Waals surface area contributed by atoms with Crippen molar-refractivity contribution in [3.05, 3.63) is 41.2 Å². The second kappa shape index (κ2) is 6.49. The Morgan fingerprint density at radius 1 is 1.43 bits per heavy atom. The van der Waals surface area contributed by atoms with Crippen LogP contribution in [0, 0.1) is 11.7 Å². The second-order valence-corrected chi connectivity index (χ2v) is 5.00. The third-order valence-corrected chi connectivity index (χ3v) is 3.48. The number of carbonyl (C=O) groups is 2. The average molecular weight is 293 g/mol. The molecule has 112 valence electrons. The standard InChI is InChI=1S/C15H16FNO4/c16-13-7-12(2-1-11(13)3-4-14(19)20)15(21)17-6-5-10(8-17)9-18/h1-4,7,10,18H,5-6,8-9H2,(H,19,20)/b4-3+. The summed E-state index contributed by atoms with van der Waals surface area (Å²) < 4.78 is 13.8. The highest BCUT2D eigenvalue weighted by atomic mass is 19.1. The molecule has 0 aromatic heterocycles. The molecule has 5 nitrogen and oxygen atoms in total. The first-order valence-corrected chi connectivity index (χ1v) is 6.62. The van der Waals surface area contributed by atoms with Crippen molar-refractivity contribution >= 4 is 18.0 Å². The van der Waals surface area contributed by atoms with Gasteiger partial charge in [0.05, 0.1) is 0 Å². The third kappa shape index (κ3) is 3.66. The number of carboxylic acids is 1. The number of carbonyl (C=O) groups excluding carboxylic acids is 1. The molecule has 1 atom stereocenters. The minimum atomic E-state index is -1.17. The molecule has 2 N–H and O–H groups in total. The lowest BCUT2D eigenvalue weighted by atomic mass is 10.1. The molecule has 6 heteroatoms. The van der Waals surface area contributed by atoms with Gasteiger partial charge in [-0.2, -0.15) is 0 Å². The summed E-state index contributed by atoms with van der Waals surface area (Å²) in [6.45, 7) is 1.06. The van der Waals surface area contributed by atoms with Crippen molar-refractivity contribution in [1.82, 2.24) is 4.90 Å². The van der Waals surface area contributed by atoms with Crippen LogP contribution in [0.15, 0.2) is 24.3 Å². The lowest BCUT2D eigenvalue weighted by molar-refractivity contribution is -0.131. The number of likely N-dealkylation sites (tertiary alicyclic amines) is 1. The molecule has 0 spiro atoms. The lowest BCUT2D eigenvalue weighted by Crippen LogP contribution is -2.29. The van der Waals surface area contributed by atoms with Crippen LogP contribution in [0.2, 0.25) is 0 Å². The molecule has 1 saturated heterocycles. The SMILES string of the molecule is O=C(O)/C=C/c1ccc(C(=O)N2CCC(CO)C2)cc1F. The molecular formula is C15H16FNO4. The number of aliphatic carboxylic acids is 1. The van der Waals surface area contributed by atoms with Crippen molar-refractivity contribution in [2.45, 2.75) is 6.42 Å². The monoisotopic (exact) mass is 293 g/mol. The predicted molar refractivity (Wildman–Crippen MR) is 74.2 cm³/mol. The number of benzene rings is 1. The largest absolute Gasteiger partial charge is 0.478 e. The number of nitrogens with zero attached hydrogens (tertiary/aromatic N) is 1. The molecule has 1 aliphatic heterocycles. The molecule has 1 fully saturated rings. The highest BCUT2D eigenvalue weighted by Gasteiger charge is 2.26. The molecule has 0 aliphatic carbocycles. The maximum absolute atomic E-state index is 13.8. The van der Waals surface area contributed by atoms with Crippen molar-refractivity contribution < 1.29 is 24.2 Å². The van der Waals surface area contributed by atoms with Crippen molar-refractivity contribution in [1.29, 1.82) is 0 Å². The van der Waals surface area contributed by atoms with Crippen LogP contribution in [0.25, 0.3) is 6.08 Å². The summed E-state index contributed by atoms with van der Waals surface area (Å²) in [7, 11) is 0. The van der Waals surface area contributed by atoms with Crippen molar-refractivity contribution in [3.8, 4) is 0 Å². The summed E-state index contributed by atoms with van der Waals surface area (Å²) in [5.41, 5.74) is 0.335. The fourth-order valence-electron chi connectivity index (χ4n) is 2.31. The Labute approximate surface area is 121 Å². The summed E-state index contributed by atoms with van der Waals surface area (Å²) in [6.07, 6.45) is 2.72. The van der Waals surface area contributed by atoms with E-state index >= 15 is 0 Å². The first kappa shape index (κ1) is 15.2. The number of amides is 1. The van der Waals surface area contributed by atoms with Gasteiger partial charge in [-0.1, -0.05) is 6.07 Å². The Morgan fingerprint density at radius 2 is 2.19 bits per heavy atom. The molecule has 21 heavy (non-hydrogen) atoms. The van der Waals surface area contributed by atoms with Gasteiger partial charge in [-0.05, 0) is 24.6 Å². The van der Waals surface area contributed by atoms with Gasteiger partial charge in [0.25, 0.3) is 5.91 Å². The Bertz CT molecular complexity index is 585. The summed E-state index contributed by atoms with van der Waals surface area (Å²) >= 11 is 0. The number of hydrogen-bond donors (Lipinski definition) is 2. The fourth-order valence-corrected chi connectivity index (χ4v) is 2.31. The topological polar surface area (TPSA) is 77.8 Å². The molecular weight excluding hydrogens is 277 g/mol. The van der Waals surface area contributed by atoms with Crippen LogP contribution in [0.1, 0.15) is 22.3 Å².